The fourth-order valence-corrected chi connectivity index (χ4v) is 5.29. The maximum Gasteiger partial charge on any atom is 0.317 e. The van der Waals surface area contributed by atoms with Gasteiger partial charge >= 0.3 is 12.0 Å². The van der Waals surface area contributed by atoms with Crippen molar-refractivity contribution in [2.45, 2.75) is 63.8 Å². The molecule has 2 saturated heterocycles. The van der Waals surface area contributed by atoms with E-state index in [0.29, 0.717) is 32.7 Å². The van der Waals surface area contributed by atoms with Crippen molar-refractivity contribution in [2.75, 3.05) is 26.2 Å². The van der Waals surface area contributed by atoms with Crippen LogP contribution >= 0.6 is 0 Å². The van der Waals surface area contributed by atoms with E-state index in [2.05, 4.69) is 12.2 Å². The average molecular weight is 366 g/mol. The van der Waals surface area contributed by atoms with Gasteiger partial charge in [0, 0.05) is 32.5 Å². The molecule has 0 bridgehead atoms. The second-order valence-electron chi connectivity index (χ2n) is 8.76. The van der Waals surface area contributed by atoms with Crippen LogP contribution < -0.4 is 5.32 Å². The standard InChI is InChI=1S/C19H30N2O5/c1-13-4-7-19(8-5-13)25-11-15(26-19)9-20-17(24)21-10-14-3-2-6-18(14,12-21)16(22)23/h13-15H,2-12H2,1H3,(H,20,24)(H,22,23)/t13?,14-,15?,18+,19?/m0/s1. The third-order valence-corrected chi connectivity index (χ3v) is 7.01. The highest BCUT2D eigenvalue weighted by atomic mass is 16.7. The van der Waals surface area contributed by atoms with E-state index in [1.165, 1.54) is 0 Å². The molecule has 2 saturated carbocycles. The van der Waals surface area contributed by atoms with Crippen LogP contribution in [0.4, 0.5) is 4.79 Å². The Kier molecular flexibility index (Phi) is 4.63. The Balaban J connectivity index is 1.27. The van der Waals surface area contributed by atoms with Gasteiger partial charge in [0.05, 0.1) is 12.0 Å². The Hall–Kier alpha value is -1.34. The minimum absolute atomic E-state index is 0.0873. The fourth-order valence-electron chi connectivity index (χ4n) is 5.29. The van der Waals surface area contributed by atoms with Gasteiger partial charge in [-0.25, -0.2) is 4.79 Å². The Labute approximate surface area is 154 Å². The number of fused-ring (bicyclic) bond motifs is 1. The number of aliphatic carboxylic acids is 1. The van der Waals surface area contributed by atoms with Gasteiger partial charge in [-0.2, -0.15) is 0 Å². The Morgan fingerprint density at radius 1 is 1.23 bits per heavy atom. The van der Waals surface area contributed by atoms with Crippen molar-refractivity contribution in [3.05, 3.63) is 0 Å². The zero-order valence-corrected chi connectivity index (χ0v) is 15.5. The summed E-state index contributed by atoms with van der Waals surface area (Å²) in [5.74, 6) is -0.386. The molecule has 3 atom stereocenters. The zero-order valence-electron chi connectivity index (χ0n) is 15.5. The summed E-state index contributed by atoms with van der Waals surface area (Å²) in [4.78, 5) is 25.9. The molecule has 4 rings (SSSR count). The van der Waals surface area contributed by atoms with Crippen LogP contribution in [0.25, 0.3) is 0 Å². The first-order chi connectivity index (χ1) is 12.4. The number of likely N-dealkylation sites (tertiary alicyclic amines) is 1. The van der Waals surface area contributed by atoms with E-state index in [-0.39, 0.29) is 18.1 Å². The third kappa shape index (κ3) is 3.09. The van der Waals surface area contributed by atoms with E-state index < -0.39 is 17.2 Å². The minimum atomic E-state index is -0.753. The van der Waals surface area contributed by atoms with Gasteiger partial charge < -0.3 is 24.8 Å². The summed E-state index contributed by atoms with van der Waals surface area (Å²) in [7, 11) is 0. The van der Waals surface area contributed by atoms with Crippen LogP contribution in [0.1, 0.15) is 51.9 Å². The smallest absolute Gasteiger partial charge is 0.317 e. The van der Waals surface area contributed by atoms with Gasteiger partial charge in [0.1, 0.15) is 6.10 Å². The minimum Gasteiger partial charge on any atom is -0.481 e. The number of hydrogen-bond donors (Lipinski definition) is 2. The van der Waals surface area contributed by atoms with Gasteiger partial charge in [0.25, 0.3) is 0 Å². The van der Waals surface area contributed by atoms with Crippen molar-refractivity contribution in [3.8, 4) is 0 Å². The number of hydrogen-bond acceptors (Lipinski definition) is 4. The van der Waals surface area contributed by atoms with Crippen LogP contribution in [-0.2, 0) is 14.3 Å². The first kappa shape index (κ1) is 18.0. The van der Waals surface area contributed by atoms with E-state index >= 15 is 0 Å². The molecule has 2 aliphatic heterocycles. The molecule has 1 spiro atoms. The Morgan fingerprint density at radius 3 is 2.69 bits per heavy atom. The number of carbonyl (C=O) groups excluding carboxylic acids is 1. The Morgan fingerprint density at radius 2 is 2.00 bits per heavy atom. The second-order valence-corrected chi connectivity index (χ2v) is 8.76. The average Bonchev–Trinajstić information content (AvgIpc) is 3.29. The molecule has 2 aliphatic carbocycles. The largest absolute Gasteiger partial charge is 0.481 e. The Bertz CT molecular complexity index is 574. The quantitative estimate of drug-likeness (QED) is 0.799. The molecular formula is C19H30N2O5. The summed E-state index contributed by atoms with van der Waals surface area (Å²) in [5.41, 5.74) is -0.729. The molecule has 0 aromatic heterocycles. The maximum atomic E-state index is 12.5. The van der Waals surface area contributed by atoms with Gasteiger partial charge in [0.15, 0.2) is 5.79 Å². The SMILES string of the molecule is CC1CCC2(CC1)OCC(CNC(=O)N1C[C@@H]3CCC[C@@]3(C(=O)O)C1)O2. The number of carboxylic acid groups (broad SMARTS) is 1. The molecule has 4 fully saturated rings. The van der Waals surface area contributed by atoms with Crippen molar-refractivity contribution in [3.63, 3.8) is 0 Å². The molecule has 0 aromatic rings. The number of ether oxygens (including phenoxy) is 2. The van der Waals surface area contributed by atoms with Crippen molar-refractivity contribution >= 4 is 12.0 Å². The monoisotopic (exact) mass is 366 g/mol. The highest BCUT2D eigenvalue weighted by Crippen LogP contribution is 2.48. The maximum absolute atomic E-state index is 12.5. The lowest BCUT2D eigenvalue weighted by Crippen LogP contribution is -2.44. The van der Waals surface area contributed by atoms with Crippen molar-refractivity contribution in [1.29, 1.82) is 0 Å². The lowest BCUT2D eigenvalue weighted by molar-refractivity contribution is -0.191. The summed E-state index contributed by atoms with van der Waals surface area (Å²) in [6.45, 7) is 4.05. The van der Waals surface area contributed by atoms with Gasteiger partial charge in [-0.15, -0.1) is 0 Å². The van der Waals surface area contributed by atoms with Crippen molar-refractivity contribution < 1.29 is 24.2 Å². The summed E-state index contributed by atoms with van der Waals surface area (Å²) in [5, 5.41) is 12.6. The molecule has 0 radical (unpaired) electrons. The number of rotatable bonds is 3. The molecule has 0 aromatic carbocycles. The van der Waals surface area contributed by atoms with Gasteiger partial charge in [0.2, 0.25) is 0 Å². The molecule has 7 heteroatoms. The number of carboxylic acids is 1. The predicted molar refractivity (Wildman–Crippen MR) is 93.6 cm³/mol. The van der Waals surface area contributed by atoms with Crippen molar-refractivity contribution in [1.82, 2.24) is 10.2 Å². The normalized spacial score (nSPS) is 42.2. The van der Waals surface area contributed by atoms with E-state index in [9.17, 15) is 14.7 Å². The van der Waals surface area contributed by atoms with Gasteiger partial charge in [-0.1, -0.05) is 13.3 Å². The molecule has 1 unspecified atom stereocenters. The van der Waals surface area contributed by atoms with Crippen LogP contribution in [0.3, 0.4) is 0 Å². The second kappa shape index (κ2) is 6.68. The third-order valence-electron chi connectivity index (χ3n) is 7.01. The van der Waals surface area contributed by atoms with Gasteiger partial charge in [-0.3, -0.25) is 4.79 Å². The fraction of sp³-hybridized carbons (Fsp3) is 0.895. The summed E-state index contributed by atoms with van der Waals surface area (Å²) >= 11 is 0. The van der Waals surface area contributed by atoms with E-state index in [4.69, 9.17) is 9.47 Å². The van der Waals surface area contributed by atoms with Crippen molar-refractivity contribution in [2.24, 2.45) is 17.3 Å². The number of urea groups is 1. The molecule has 2 amide bonds. The molecule has 4 aliphatic rings. The highest BCUT2D eigenvalue weighted by Gasteiger charge is 2.56. The van der Waals surface area contributed by atoms with Crippen LogP contribution in [0.15, 0.2) is 0 Å². The molecule has 7 nitrogen and oxygen atoms in total. The summed E-state index contributed by atoms with van der Waals surface area (Å²) < 4.78 is 12.1. The molecule has 2 N–H and O–H groups in total. The van der Waals surface area contributed by atoms with E-state index in [1.54, 1.807) is 4.90 Å². The van der Waals surface area contributed by atoms with Crippen LogP contribution in [-0.4, -0.2) is 60.1 Å². The topological polar surface area (TPSA) is 88.1 Å². The first-order valence-electron chi connectivity index (χ1n) is 10.0. The number of nitrogens with one attached hydrogen (secondary N) is 1. The number of carbonyl (C=O) groups is 2. The zero-order chi connectivity index (χ0) is 18.4. The van der Waals surface area contributed by atoms with Crippen LogP contribution in [0.2, 0.25) is 0 Å². The van der Waals surface area contributed by atoms with Gasteiger partial charge in [-0.05, 0) is 37.5 Å². The first-order valence-corrected chi connectivity index (χ1v) is 10.0. The number of nitrogens with zero attached hydrogens (tertiary/aromatic N) is 1. The molecular weight excluding hydrogens is 336 g/mol. The predicted octanol–water partition coefficient (Wildman–Crippen LogP) is 2.20. The van der Waals surface area contributed by atoms with E-state index in [1.807, 2.05) is 0 Å². The molecule has 26 heavy (non-hydrogen) atoms. The van der Waals surface area contributed by atoms with E-state index in [0.717, 1.165) is 44.4 Å². The van der Waals surface area contributed by atoms with Crippen LogP contribution in [0, 0.1) is 17.3 Å². The lowest BCUT2D eigenvalue weighted by atomic mass is 9.81. The summed E-state index contributed by atoms with van der Waals surface area (Å²) in [6, 6.07) is -0.179. The molecule has 146 valence electrons. The molecule has 2 heterocycles. The van der Waals surface area contributed by atoms with Crippen LogP contribution in [0.5, 0.6) is 0 Å². The summed E-state index contributed by atoms with van der Waals surface area (Å²) in [6.07, 6.45) is 6.48. The lowest BCUT2D eigenvalue weighted by Gasteiger charge is -2.34. The number of amides is 2. The highest BCUT2D eigenvalue weighted by molar-refractivity contribution is 5.80.